The van der Waals surface area contributed by atoms with E-state index < -0.39 is 0 Å². The molecule has 16 heavy (non-hydrogen) atoms. The topological polar surface area (TPSA) is 41.9 Å². The number of oxime groups is 1. The van der Waals surface area contributed by atoms with E-state index >= 15 is 0 Å². The lowest BCUT2D eigenvalue weighted by molar-refractivity contribution is -0.102. The van der Waals surface area contributed by atoms with Crippen LogP contribution in [0.25, 0.3) is 0 Å². The molecule has 2 unspecified atom stereocenters. The minimum Gasteiger partial charge on any atom is -0.388 e. The predicted molar refractivity (Wildman–Crippen MR) is 62.3 cm³/mol. The Kier molecular flexibility index (Phi) is 3.72. The molecule has 0 radical (unpaired) electrons. The van der Waals surface area contributed by atoms with Gasteiger partial charge in [0, 0.05) is 12.5 Å². The molecular weight excluding hydrogens is 204 g/mol. The Bertz CT molecular complexity index is 283. The summed E-state index contributed by atoms with van der Waals surface area (Å²) in [6, 6.07) is 0. The molecule has 88 valence electrons. The van der Waals surface area contributed by atoms with Crippen LogP contribution in [0, 0.1) is 11.8 Å². The largest absolute Gasteiger partial charge is 0.388 e. The van der Waals surface area contributed by atoms with E-state index in [1.54, 1.807) is 6.08 Å². The molecule has 3 saturated heterocycles. The molecule has 4 nitrogen and oxygen atoms in total. The van der Waals surface area contributed by atoms with Crippen LogP contribution >= 0.6 is 0 Å². The first-order valence-corrected chi connectivity index (χ1v) is 5.83. The summed E-state index contributed by atoms with van der Waals surface area (Å²) in [6.45, 7) is 7.28. The van der Waals surface area contributed by atoms with Gasteiger partial charge < -0.3 is 9.74 Å². The van der Waals surface area contributed by atoms with Gasteiger partial charge in [-0.2, -0.15) is 0 Å². The molecule has 0 aromatic rings. The molecule has 3 fully saturated rings. The van der Waals surface area contributed by atoms with Gasteiger partial charge in [0.05, 0.1) is 0 Å². The SMILES string of the molecule is C=CC(ON=CC=O)C1CN2CCC1CC2. The third-order valence-corrected chi connectivity index (χ3v) is 3.67. The van der Waals surface area contributed by atoms with Gasteiger partial charge in [0.15, 0.2) is 6.29 Å². The van der Waals surface area contributed by atoms with E-state index in [4.69, 9.17) is 4.84 Å². The Balaban J connectivity index is 1.95. The molecule has 0 spiro atoms. The third-order valence-electron chi connectivity index (χ3n) is 3.67. The molecule has 0 aromatic carbocycles. The van der Waals surface area contributed by atoms with Gasteiger partial charge in [-0.05, 0) is 37.9 Å². The van der Waals surface area contributed by atoms with Crippen LogP contribution in [0.2, 0.25) is 0 Å². The van der Waals surface area contributed by atoms with Crippen LogP contribution in [-0.2, 0) is 9.63 Å². The molecule has 4 heteroatoms. The normalized spacial score (nSPS) is 34.9. The highest BCUT2D eigenvalue weighted by atomic mass is 16.6. The molecule has 3 heterocycles. The number of carbonyl (C=O) groups is 1. The number of nitrogens with zero attached hydrogens (tertiary/aromatic N) is 2. The zero-order valence-corrected chi connectivity index (χ0v) is 9.42. The molecule has 0 aliphatic carbocycles. The van der Waals surface area contributed by atoms with E-state index in [1.165, 1.54) is 25.9 Å². The number of carbonyl (C=O) groups excluding carboxylic acids is 1. The summed E-state index contributed by atoms with van der Waals surface area (Å²) in [5, 5.41) is 3.64. The average molecular weight is 222 g/mol. The van der Waals surface area contributed by atoms with Crippen molar-refractivity contribution < 1.29 is 9.63 Å². The standard InChI is InChI=1S/C12H18N2O2/c1-2-12(16-13-5-8-15)11-9-14-6-3-10(11)4-7-14/h2,5,8,10-12H,1,3-4,6-7,9H2. The van der Waals surface area contributed by atoms with Crippen molar-refractivity contribution in [3.8, 4) is 0 Å². The average Bonchev–Trinajstić information content (AvgIpc) is 2.36. The van der Waals surface area contributed by atoms with Gasteiger partial charge in [0.2, 0.25) is 0 Å². The summed E-state index contributed by atoms with van der Waals surface area (Å²) in [7, 11) is 0. The van der Waals surface area contributed by atoms with Crippen LogP contribution in [0.3, 0.4) is 0 Å². The second-order valence-corrected chi connectivity index (χ2v) is 4.50. The highest BCUT2D eigenvalue weighted by molar-refractivity contribution is 6.12. The minimum absolute atomic E-state index is 0.0655. The number of hydrogen-bond acceptors (Lipinski definition) is 4. The van der Waals surface area contributed by atoms with Crippen molar-refractivity contribution in [3.63, 3.8) is 0 Å². The van der Waals surface area contributed by atoms with Crippen LogP contribution in [0.15, 0.2) is 17.8 Å². The summed E-state index contributed by atoms with van der Waals surface area (Å²) in [6.07, 6.45) is 5.98. The number of piperidine rings is 3. The molecule has 0 amide bonds. The summed E-state index contributed by atoms with van der Waals surface area (Å²) >= 11 is 0. The fourth-order valence-corrected chi connectivity index (χ4v) is 2.81. The lowest BCUT2D eigenvalue weighted by Gasteiger charge is -2.46. The zero-order chi connectivity index (χ0) is 11.4. The van der Waals surface area contributed by atoms with Crippen molar-refractivity contribution in [2.45, 2.75) is 18.9 Å². The molecule has 0 N–H and O–H groups in total. The minimum atomic E-state index is -0.0655. The summed E-state index contributed by atoms with van der Waals surface area (Å²) in [5.74, 6) is 1.20. The van der Waals surface area contributed by atoms with Crippen molar-refractivity contribution in [2.24, 2.45) is 17.0 Å². The molecule has 3 rings (SSSR count). The van der Waals surface area contributed by atoms with Crippen molar-refractivity contribution >= 4 is 12.5 Å². The highest BCUT2D eigenvalue weighted by Crippen LogP contribution is 2.35. The lowest BCUT2D eigenvalue weighted by Crippen LogP contribution is -2.51. The van der Waals surface area contributed by atoms with Gasteiger partial charge in [0.1, 0.15) is 12.3 Å². The molecule has 2 bridgehead atoms. The molecule has 3 aliphatic heterocycles. The van der Waals surface area contributed by atoms with E-state index in [1.807, 2.05) is 0 Å². The van der Waals surface area contributed by atoms with Crippen molar-refractivity contribution in [3.05, 3.63) is 12.7 Å². The third kappa shape index (κ3) is 2.32. The van der Waals surface area contributed by atoms with Gasteiger partial charge >= 0.3 is 0 Å². The Labute approximate surface area is 95.9 Å². The van der Waals surface area contributed by atoms with E-state index in [0.29, 0.717) is 12.2 Å². The first-order chi connectivity index (χ1) is 7.85. The second kappa shape index (κ2) is 5.25. The van der Waals surface area contributed by atoms with Gasteiger partial charge in [-0.3, -0.25) is 4.79 Å². The summed E-state index contributed by atoms with van der Waals surface area (Å²) in [4.78, 5) is 17.9. The maximum atomic E-state index is 10.1. The lowest BCUT2D eigenvalue weighted by atomic mass is 9.76. The number of aldehydes is 1. The van der Waals surface area contributed by atoms with Crippen molar-refractivity contribution in [2.75, 3.05) is 19.6 Å². The Morgan fingerprint density at radius 3 is 2.69 bits per heavy atom. The molecule has 3 aliphatic rings. The summed E-state index contributed by atoms with van der Waals surface area (Å²) < 4.78 is 0. The number of rotatable bonds is 5. The van der Waals surface area contributed by atoms with Crippen LogP contribution in [0.5, 0.6) is 0 Å². The van der Waals surface area contributed by atoms with Crippen molar-refractivity contribution in [1.29, 1.82) is 0 Å². The fraction of sp³-hybridized carbons (Fsp3) is 0.667. The maximum absolute atomic E-state index is 10.1. The fourth-order valence-electron chi connectivity index (χ4n) is 2.81. The van der Waals surface area contributed by atoms with E-state index in [-0.39, 0.29) is 6.10 Å². The highest BCUT2D eigenvalue weighted by Gasteiger charge is 2.38. The number of fused-ring (bicyclic) bond motifs is 3. The van der Waals surface area contributed by atoms with Crippen LogP contribution in [0.4, 0.5) is 0 Å². The van der Waals surface area contributed by atoms with Gasteiger partial charge in [-0.1, -0.05) is 11.7 Å². The zero-order valence-electron chi connectivity index (χ0n) is 9.42. The van der Waals surface area contributed by atoms with Crippen LogP contribution in [0.1, 0.15) is 12.8 Å². The second-order valence-electron chi connectivity index (χ2n) is 4.50. The van der Waals surface area contributed by atoms with Crippen molar-refractivity contribution in [1.82, 2.24) is 4.90 Å². The first kappa shape index (κ1) is 11.3. The molecular formula is C12H18N2O2. The van der Waals surface area contributed by atoms with Gasteiger partial charge in [-0.15, -0.1) is 0 Å². The quantitative estimate of drug-likeness (QED) is 0.302. The van der Waals surface area contributed by atoms with E-state index in [2.05, 4.69) is 16.6 Å². The van der Waals surface area contributed by atoms with Gasteiger partial charge in [0.25, 0.3) is 0 Å². The monoisotopic (exact) mass is 222 g/mol. The smallest absolute Gasteiger partial charge is 0.164 e. The van der Waals surface area contributed by atoms with E-state index in [9.17, 15) is 4.79 Å². The number of hydrogen-bond donors (Lipinski definition) is 0. The Morgan fingerprint density at radius 2 is 2.19 bits per heavy atom. The first-order valence-electron chi connectivity index (χ1n) is 5.83. The molecule has 0 saturated carbocycles. The molecule has 0 aromatic heterocycles. The summed E-state index contributed by atoms with van der Waals surface area (Å²) in [5.41, 5.74) is 0. The maximum Gasteiger partial charge on any atom is 0.164 e. The van der Waals surface area contributed by atoms with Crippen LogP contribution in [-0.4, -0.2) is 43.1 Å². The van der Waals surface area contributed by atoms with E-state index in [0.717, 1.165) is 18.7 Å². The Morgan fingerprint density at radius 1 is 1.44 bits per heavy atom. The predicted octanol–water partition coefficient (Wildman–Crippen LogP) is 1.08. The van der Waals surface area contributed by atoms with Gasteiger partial charge in [-0.25, -0.2) is 0 Å². The van der Waals surface area contributed by atoms with Crippen LogP contribution < -0.4 is 0 Å². The Hall–Kier alpha value is -1.16. The molecule has 2 atom stereocenters.